The first kappa shape index (κ1) is 39.6. The molecule has 1 rings (SSSR count). The number of hydrogen-bond donors (Lipinski definition) is 1. The standard InChI is InChI=1S/C34H61N5O5/c1-6-7-8-9-14-19-24-44-39-33(2,3)26-30(27-34(39,4)5)25-31(42)38(23-18-13-12-16-21-36-29-41)32(43)37-22-17-11-10-15-20-35-28-40/h30H,6-27H2,1-5H3,(H,37,43). The maximum Gasteiger partial charge on any atom is 0.324 e. The van der Waals surface area contributed by atoms with Gasteiger partial charge in [-0.05, 0) is 78.6 Å². The predicted molar refractivity (Wildman–Crippen MR) is 175 cm³/mol. The minimum absolute atomic E-state index is 0.127. The monoisotopic (exact) mass is 619 g/mol. The Hall–Kier alpha value is -2.38. The van der Waals surface area contributed by atoms with Crippen molar-refractivity contribution < 1.29 is 24.0 Å². The molecule has 10 nitrogen and oxygen atoms in total. The molecule has 0 bridgehead atoms. The molecule has 0 aromatic carbocycles. The number of unbranched alkanes of at least 4 members (excludes halogenated alkanes) is 11. The van der Waals surface area contributed by atoms with Crippen molar-refractivity contribution in [2.45, 2.75) is 155 Å². The van der Waals surface area contributed by atoms with Crippen LogP contribution in [0.1, 0.15) is 144 Å². The van der Waals surface area contributed by atoms with Crippen LogP contribution >= 0.6 is 0 Å². The van der Waals surface area contributed by atoms with E-state index in [1.807, 2.05) is 0 Å². The zero-order chi connectivity index (χ0) is 32.7. The first-order valence-electron chi connectivity index (χ1n) is 17.2. The van der Waals surface area contributed by atoms with E-state index in [0.717, 1.165) is 64.2 Å². The Morgan fingerprint density at radius 1 is 0.795 bits per heavy atom. The van der Waals surface area contributed by atoms with Crippen LogP contribution in [-0.2, 0) is 19.2 Å². The van der Waals surface area contributed by atoms with Crippen molar-refractivity contribution in [1.29, 1.82) is 0 Å². The number of piperidine rings is 1. The van der Waals surface area contributed by atoms with E-state index in [9.17, 15) is 19.2 Å². The van der Waals surface area contributed by atoms with Gasteiger partial charge < -0.3 is 5.32 Å². The third kappa shape index (κ3) is 16.6. The van der Waals surface area contributed by atoms with Gasteiger partial charge in [0.1, 0.15) is 0 Å². The molecule has 0 aliphatic carbocycles. The van der Waals surface area contributed by atoms with Crippen molar-refractivity contribution in [1.82, 2.24) is 15.3 Å². The highest BCUT2D eigenvalue weighted by Crippen LogP contribution is 2.43. The molecule has 3 amide bonds. The molecule has 1 aliphatic rings. The van der Waals surface area contributed by atoms with Crippen LogP contribution in [0.25, 0.3) is 0 Å². The van der Waals surface area contributed by atoms with Crippen LogP contribution in [0.4, 0.5) is 4.79 Å². The van der Waals surface area contributed by atoms with Crippen LogP contribution in [0.3, 0.4) is 0 Å². The highest BCUT2D eigenvalue weighted by atomic mass is 16.7. The molecular weight excluding hydrogens is 558 g/mol. The van der Waals surface area contributed by atoms with E-state index in [2.05, 4.69) is 55.0 Å². The highest BCUT2D eigenvalue weighted by molar-refractivity contribution is 5.94. The zero-order valence-electron chi connectivity index (χ0n) is 28.5. The number of carbonyl (C=O) groups is 2. The maximum absolute atomic E-state index is 13.6. The summed E-state index contributed by atoms with van der Waals surface area (Å²) in [7, 11) is 0. The van der Waals surface area contributed by atoms with Gasteiger partial charge in [-0.25, -0.2) is 24.4 Å². The van der Waals surface area contributed by atoms with Gasteiger partial charge in [0.25, 0.3) is 0 Å². The lowest BCUT2D eigenvalue weighted by atomic mass is 9.74. The van der Waals surface area contributed by atoms with Crippen LogP contribution in [0.15, 0.2) is 9.98 Å². The van der Waals surface area contributed by atoms with Gasteiger partial charge in [0, 0.05) is 30.6 Å². The number of imide groups is 1. The number of nitrogens with zero attached hydrogens (tertiary/aromatic N) is 4. The topological polar surface area (TPSA) is 121 Å². The highest BCUT2D eigenvalue weighted by Gasteiger charge is 2.47. The summed E-state index contributed by atoms with van der Waals surface area (Å²) in [6.07, 6.45) is 19.1. The summed E-state index contributed by atoms with van der Waals surface area (Å²) in [5.41, 5.74) is -0.466. The number of hydroxylamine groups is 2. The van der Waals surface area contributed by atoms with Gasteiger partial charge in [-0.15, -0.1) is 0 Å². The fourth-order valence-corrected chi connectivity index (χ4v) is 6.56. The lowest BCUT2D eigenvalue weighted by molar-refractivity contribution is -0.288. The van der Waals surface area contributed by atoms with Crippen molar-refractivity contribution in [2.24, 2.45) is 15.9 Å². The Balaban J connectivity index is 2.71. The van der Waals surface area contributed by atoms with E-state index in [1.165, 1.54) is 37.0 Å². The number of nitrogens with one attached hydrogen (secondary N) is 1. The first-order chi connectivity index (χ1) is 21.1. The summed E-state index contributed by atoms with van der Waals surface area (Å²) in [4.78, 5) is 62.2. The van der Waals surface area contributed by atoms with E-state index in [1.54, 1.807) is 12.2 Å². The molecule has 0 atom stereocenters. The number of rotatable bonds is 24. The average Bonchev–Trinajstić information content (AvgIpc) is 2.95. The van der Waals surface area contributed by atoms with Gasteiger partial charge in [0.15, 0.2) is 0 Å². The minimum atomic E-state index is -0.329. The molecule has 252 valence electrons. The van der Waals surface area contributed by atoms with Crippen LogP contribution in [-0.4, -0.2) is 77.9 Å². The first-order valence-corrected chi connectivity index (χ1v) is 17.2. The fourth-order valence-electron chi connectivity index (χ4n) is 6.56. The smallest absolute Gasteiger partial charge is 0.324 e. The van der Waals surface area contributed by atoms with Crippen molar-refractivity contribution in [2.75, 3.05) is 32.8 Å². The van der Waals surface area contributed by atoms with Crippen LogP contribution in [0.2, 0.25) is 0 Å². The van der Waals surface area contributed by atoms with Gasteiger partial charge in [0.2, 0.25) is 18.1 Å². The Labute approximate surface area is 266 Å². The van der Waals surface area contributed by atoms with Gasteiger partial charge in [-0.3, -0.25) is 14.5 Å². The summed E-state index contributed by atoms with van der Waals surface area (Å²) in [5, 5.41) is 5.11. The third-order valence-electron chi connectivity index (χ3n) is 8.41. The molecule has 1 heterocycles. The van der Waals surface area contributed by atoms with Gasteiger partial charge >= 0.3 is 6.03 Å². The molecule has 0 saturated carbocycles. The molecule has 44 heavy (non-hydrogen) atoms. The molecular formula is C34H61N5O5. The van der Waals surface area contributed by atoms with Crippen LogP contribution in [0, 0.1) is 5.92 Å². The van der Waals surface area contributed by atoms with Crippen LogP contribution in [0.5, 0.6) is 0 Å². The molecule has 1 aliphatic heterocycles. The SMILES string of the molecule is CCCCCCCCON1C(C)(C)CC(CC(=O)N(CCCCCCN=C=O)C(=O)NCCCCCCN=C=O)CC1(C)C. The second kappa shape index (κ2) is 23.0. The zero-order valence-corrected chi connectivity index (χ0v) is 28.5. The van der Waals surface area contributed by atoms with Crippen molar-refractivity contribution in [3.8, 4) is 0 Å². The Morgan fingerprint density at radius 2 is 1.32 bits per heavy atom. The van der Waals surface area contributed by atoms with E-state index in [4.69, 9.17) is 4.84 Å². The lowest BCUT2D eigenvalue weighted by Crippen LogP contribution is -2.60. The maximum atomic E-state index is 13.6. The number of urea groups is 1. The molecule has 0 unspecified atom stereocenters. The number of amides is 3. The van der Waals surface area contributed by atoms with Gasteiger partial charge in [-0.1, -0.05) is 64.7 Å². The van der Waals surface area contributed by atoms with Crippen molar-refractivity contribution in [3.63, 3.8) is 0 Å². The second-order valence-electron chi connectivity index (χ2n) is 13.6. The molecule has 0 spiro atoms. The second-order valence-corrected chi connectivity index (χ2v) is 13.6. The molecule has 10 heteroatoms. The van der Waals surface area contributed by atoms with E-state index in [-0.39, 0.29) is 28.9 Å². The van der Waals surface area contributed by atoms with Crippen molar-refractivity contribution in [3.05, 3.63) is 0 Å². The number of aliphatic imine (C=N–C) groups is 2. The van der Waals surface area contributed by atoms with E-state index < -0.39 is 0 Å². The number of hydrogen-bond acceptors (Lipinski definition) is 8. The normalized spacial score (nSPS) is 16.1. The summed E-state index contributed by atoms with van der Waals surface area (Å²) in [6, 6.07) is -0.329. The number of isocyanates is 2. The lowest BCUT2D eigenvalue weighted by Gasteiger charge is -2.54. The molecule has 0 aromatic heterocycles. The molecule has 0 aromatic rings. The van der Waals surface area contributed by atoms with E-state index >= 15 is 0 Å². The Bertz CT molecular complexity index is 894. The number of carbonyl (C=O) groups excluding carboxylic acids is 4. The quantitative estimate of drug-likeness (QED) is 0.0689. The molecule has 0 radical (unpaired) electrons. The van der Waals surface area contributed by atoms with E-state index in [0.29, 0.717) is 45.6 Å². The van der Waals surface area contributed by atoms with Crippen molar-refractivity contribution >= 4 is 24.1 Å². The molecule has 1 saturated heterocycles. The Kier molecular flexibility index (Phi) is 20.7. The fraction of sp³-hybridized carbons (Fsp3) is 0.882. The van der Waals surface area contributed by atoms with Crippen LogP contribution < -0.4 is 5.32 Å². The van der Waals surface area contributed by atoms with Gasteiger partial charge in [0.05, 0.1) is 19.7 Å². The summed E-state index contributed by atoms with van der Waals surface area (Å²) in [6.45, 7) is 13.5. The summed E-state index contributed by atoms with van der Waals surface area (Å²) < 4.78 is 0. The molecule has 1 fully saturated rings. The summed E-state index contributed by atoms with van der Waals surface area (Å²) in [5.74, 6) is 0.0183. The molecule has 1 N–H and O–H groups in total. The third-order valence-corrected chi connectivity index (χ3v) is 8.41. The Morgan fingerprint density at radius 3 is 1.91 bits per heavy atom. The predicted octanol–water partition coefficient (Wildman–Crippen LogP) is 7.27. The van der Waals surface area contributed by atoms with Gasteiger partial charge in [-0.2, -0.15) is 5.06 Å². The summed E-state index contributed by atoms with van der Waals surface area (Å²) >= 11 is 0. The largest absolute Gasteiger partial charge is 0.338 e. The minimum Gasteiger partial charge on any atom is -0.338 e. The average molecular weight is 620 g/mol.